The Morgan fingerprint density at radius 1 is 1.11 bits per heavy atom. The Hall–Kier alpha value is -1.16. The van der Waals surface area contributed by atoms with Crippen molar-refractivity contribution in [3.05, 3.63) is 69.2 Å². The third kappa shape index (κ3) is 2.64. The number of hydrazine groups is 1. The van der Waals surface area contributed by atoms with Gasteiger partial charge in [0.25, 0.3) is 0 Å². The average Bonchev–Trinajstić information content (AvgIpc) is 2.35. The first-order valence-electron chi connectivity index (χ1n) is 5.91. The highest BCUT2D eigenvalue weighted by Gasteiger charge is 2.15. The van der Waals surface area contributed by atoms with Gasteiger partial charge in [0.1, 0.15) is 0 Å². The summed E-state index contributed by atoms with van der Waals surface area (Å²) in [6, 6.07) is 14.6. The number of hydrogen-bond donors (Lipinski definition) is 2. The summed E-state index contributed by atoms with van der Waals surface area (Å²) in [5.74, 6) is 5.74. The maximum atomic E-state index is 5.74. The van der Waals surface area contributed by atoms with Crippen LogP contribution in [0.1, 0.15) is 28.3 Å². The maximum Gasteiger partial charge on any atom is 0.0713 e. The summed E-state index contributed by atoms with van der Waals surface area (Å²) in [6.45, 7) is 4.18. The van der Waals surface area contributed by atoms with E-state index in [1.165, 1.54) is 22.3 Å². The molecule has 0 saturated heterocycles. The van der Waals surface area contributed by atoms with Crippen LogP contribution in [0.3, 0.4) is 0 Å². The third-order valence-corrected chi connectivity index (χ3v) is 4.02. The summed E-state index contributed by atoms with van der Waals surface area (Å²) >= 11 is 3.56. The quantitative estimate of drug-likeness (QED) is 0.671. The van der Waals surface area contributed by atoms with Gasteiger partial charge < -0.3 is 0 Å². The molecule has 0 bridgehead atoms. The van der Waals surface area contributed by atoms with E-state index in [2.05, 4.69) is 65.5 Å². The van der Waals surface area contributed by atoms with Gasteiger partial charge in [0.05, 0.1) is 6.04 Å². The average molecular weight is 305 g/mol. The van der Waals surface area contributed by atoms with Crippen LogP contribution in [0.25, 0.3) is 0 Å². The minimum atomic E-state index is 0.0161. The van der Waals surface area contributed by atoms with E-state index in [0.717, 1.165) is 4.47 Å². The van der Waals surface area contributed by atoms with E-state index in [0.29, 0.717) is 0 Å². The summed E-state index contributed by atoms with van der Waals surface area (Å²) < 4.78 is 1.10. The molecule has 0 aliphatic rings. The molecule has 94 valence electrons. The molecule has 1 unspecified atom stereocenters. The Morgan fingerprint density at radius 3 is 2.50 bits per heavy atom. The van der Waals surface area contributed by atoms with Crippen LogP contribution in [0, 0.1) is 13.8 Å². The van der Waals surface area contributed by atoms with Gasteiger partial charge in [0.2, 0.25) is 0 Å². The molecule has 3 heteroatoms. The highest BCUT2D eigenvalue weighted by Crippen LogP contribution is 2.28. The van der Waals surface area contributed by atoms with Crippen molar-refractivity contribution >= 4 is 15.9 Å². The van der Waals surface area contributed by atoms with E-state index in [9.17, 15) is 0 Å². The number of benzene rings is 2. The molecule has 0 aliphatic heterocycles. The van der Waals surface area contributed by atoms with Crippen molar-refractivity contribution in [2.45, 2.75) is 19.9 Å². The van der Waals surface area contributed by atoms with Crippen LogP contribution in [0.5, 0.6) is 0 Å². The zero-order valence-corrected chi connectivity index (χ0v) is 12.2. The number of halogens is 1. The van der Waals surface area contributed by atoms with Crippen molar-refractivity contribution < 1.29 is 0 Å². The molecule has 0 spiro atoms. The van der Waals surface area contributed by atoms with Gasteiger partial charge in [-0.15, -0.1) is 0 Å². The van der Waals surface area contributed by atoms with Crippen LogP contribution in [0.15, 0.2) is 46.9 Å². The standard InChI is InChI=1S/C15H17BrN2/c1-10-5-3-6-12(9-10)15(18-17)13-7-4-8-14(16)11(13)2/h3-9,15,18H,17H2,1-2H3. The smallest absolute Gasteiger partial charge is 0.0713 e. The summed E-state index contributed by atoms with van der Waals surface area (Å²) in [6.07, 6.45) is 0. The lowest BCUT2D eigenvalue weighted by Gasteiger charge is -2.20. The first-order valence-corrected chi connectivity index (χ1v) is 6.70. The van der Waals surface area contributed by atoms with E-state index in [4.69, 9.17) is 5.84 Å². The molecule has 0 fully saturated rings. The van der Waals surface area contributed by atoms with Gasteiger partial charge in [-0.2, -0.15) is 0 Å². The van der Waals surface area contributed by atoms with Crippen molar-refractivity contribution in [2.75, 3.05) is 0 Å². The number of aryl methyl sites for hydroxylation is 1. The molecule has 1 atom stereocenters. The molecule has 2 rings (SSSR count). The van der Waals surface area contributed by atoms with Crippen molar-refractivity contribution in [1.29, 1.82) is 0 Å². The van der Waals surface area contributed by atoms with E-state index in [1.54, 1.807) is 0 Å². The molecule has 18 heavy (non-hydrogen) atoms. The van der Waals surface area contributed by atoms with Gasteiger partial charge in [0.15, 0.2) is 0 Å². The summed E-state index contributed by atoms with van der Waals surface area (Å²) in [4.78, 5) is 0. The molecule has 2 aromatic carbocycles. The molecule has 0 amide bonds. The number of nitrogens with two attached hydrogens (primary N) is 1. The first-order chi connectivity index (χ1) is 8.63. The molecule has 2 nitrogen and oxygen atoms in total. The topological polar surface area (TPSA) is 38.0 Å². The van der Waals surface area contributed by atoms with Gasteiger partial charge in [-0.3, -0.25) is 5.84 Å². The molecule has 0 aromatic heterocycles. The lowest BCUT2D eigenvalue weighted by atomic mass is 9.95. The summed E-state index contributed by atoms with van der Waals surface area (Å²) in [5, 5.41) is 0. The van der Waals surface area contributed by atoms with Gasteiger partial charge >= 0.3 is 0 Å². The molecular formula is C15H17BrN2. The van der Waals surface area contributed by atoms with E-state index >= 15 is 0 Å². The fraction of sp³-hybridized carbons (Fsp3) is 0.200. The van der Waals surface area contributed by atoms with Crippen LogP contribution in [-0.2, 0) is 0 Å². The first kappa shape index (κ1) is 13.3. The molecule has 0 radical (unpaired) electrons. The summed E-state index contributed by atoms with van der Waals surface area (Å²) in [7, 11) is 0. The molecular weight excluding hydrogens is 288 g/mol. The Morgan fingerprint density at radius 2 is 1.83 bits per heavy atom. The second kappa shape index (κ2) is 5.65. The molecule has 0 aliphatic carbocycles. The minimum absolute atomic E-state index is 0.0161. The van der Waals surface area contributed by atoms with E-state index in [-0.39, 0.29) is 6.04 Å². The second-order valence-electron chi connectivity index (χ2n) is 4.47. The number of nitrogens with one attached hydrogen (secondary N) is 1. The van der Waals surface area contributed by atoms with Gasteiger partial charge in [-0.05, 0) is 36.6 Å². The van der Waals surface area contributed by atoms with E-state index < -0.39 is 0 Å². The molecule has 2 aromatic rings. The normalized spacial score (nSPS) is 12.4. The second-order valence-corrected chi connectivity index (χ2v) is 5.32. The molecule has 0 heterocycles. The lowest BCUT2D eigenvalue weighted by Crippen LogP contribution is -2.29. The van der Waals surface area contributed by atoms with Crippen molar-refractivity contribution in [1.82, 2.24) is 5.43 Å². The van der Waals surface area contributed by atoms with Gasteiger partial charge in [-0.1, -0.05) is 57.9 Å². The Kier molecular flexibility index (Phi) is 4.17. The lowest BCUT2D eigenvalue weighted by molar-refractivity contribution is 0.633. The molecule has 0 saturated carbocycles. The maximum absolute atomic E-state index is 5.74. The number of rotatable bonds is 3. The SMILES string of the molecule is Cc1cccc(C(NN)c2cccc(Br)c2C)c1. The fourth-order valence-corrected chi connectivity index (χ4v) is 2.53. The van der Waals surface area contributed by atoms with Gasteiger partial charge in [-0.25, -0.2) is 5.43 Å². The Labute approximate surface area is 116 Å². The van der Waals surface area contributed by atoms with Crippen LogP contribution in [-0.4, -0.2) is 0 Å². The van der Waals surface area contributed by atoms with Crippen LogP contribution >= 0.6 is 15.9 Å². The van der Waals surface area contributed by atoms with E-state index in [1.807, 2.05) is 12.1 Å². The zero-order chi connectivity index (χ0) is 13.1. The van der Waals surface area contributed by atoms with Crippen molar-refractivity contribution in [3.63, 3.8) is 0 Å². The predicted molar refractivity (Wildman–Crippen MR) is 79.2 cm³/mol. The molecule has 3 N–H and O–H groups in total. The highest BCUT2D eigenvalue weighted by atomic mass is 79.9. The third-order valence-electron chi connectivity index (χ3n) is 3.16. The predicted octanol–water partition coefficient (Wildman–Crippen LogP) is 3.62. The van der Waals surface area contributed by atoms with Crippen molar-refractivity contribution in [2.24, 2.45) is 5.84 Å². The monoisotopic (exact) mass is 304 g/mol. The Bertz CT molecular complexity index is 552. The van der Waals surface area contributed by atoms with Crippen LogP contribution in [0.4, 0.5) is 0 Å². The van der Waals surface area contributed by atoms with Crippen LogP contribution in [0.2, 0.25) is 0 Å². The Balaban J connectivity index is 2.49. The minimum Gasteiger partial charge on any atom is -0.271 e. The zero-order valence-electron chi connectivity index (χ0n) is 10.6. The largest absolute Gasteiger partial charge is 0.271 e. The van der Waals surface area contributed by atoms with Gasteiger partial charge in [0, 0.05) is 4.47 Å². The number of hydrogen-bond acceptors (Lipinski definition) is 2. The fourth-order valence-electron chi connectivity index (χ4n) is 2.15. The highest BCUT2D eigenvalue weighted by molar-refractivity contribution is 9.10. The summed E-state index contributed by atoms with van der Waals surface area (Å²) in [5.41, 5.74) is 7.73. The van der Waals surface area contributed by atoms with Crippen LogP contribution < -0.4 is 11.3 Å². The van der Waals surface area contributed by atoms with Crippen molar-refractivity contribution in [3.8, 4) is 0 Å².